The van der Waals surface area contributed by atoms with Crippen LogP contribution < -0.4 is 16.4 Å². The summed E-state index contributed by atoms with van der Waals surface area (Å²) in [5, 5.41) is 14.1. The minimum atomic E-state index is -1.07. The number of rotatable bonds is 10. The number of carbonyl (C=O) groups excluding carboxylic acids is 3. The number of benzene rings is 1. The van der Waals surface area contributed by atoms with Crippen LogP contribution in [0.3, 0.4) is 0 Å². The van der Waals surface area contributed by atoms with Crippen molar-refractivity contribution in [2.75, 3.05) is 5.32 Å². The van der Waals surface area contributed by atoms with Gasteiger partial charge in [-0.1, -0.05) is 23.7 Å². The zero-order valence-corrected chi connectivity index (χ0v) is 18.0. The number of aryl methyl sites for hydroxylation is 1. The van der Waals surface area contributed by atoms with E-state index in [1.807, 2.05) is 0 Å². The van der Waals surface area contributed by atoms with E-state index >= 15 is 0 Å². The van der Waals surface area contributed by atoms with Crippen molar-refractivity contribution in [1.29, 1.82) is 0 Å². The van der Waals surface area contributed by atoms with Crippen molar-refractivity contribution in [3.8, 4) is 0 Å². The lowest BCUT2D eigenvalue weighted by Crippen LogP contribution is -2.46. The van der Waals surface area contributed by atoms with Gasteiger partial charge in [0.25, 0.3) is 0 Å². The fourth-order valence-electron chi connectivity index (χ4n) is 2.52. The first kappa shape index (κ1) is 25.2. The van der Waals surface area contributed by atoms with Crippen molar-refractivity contribution in [1.82, 2.24) is 5.32 Å². The van der Waals surface area contributed by atoms with Crippen molar-refractivity contribution in [2.45, 2.75) is 64.5 Å². The Labute approximate surface area is 180 Å². The first-order chi connectivity index (χ1) is 13.9. The molecule has 1 rings (SSSR count). The minimum Gasteiger partial charge on any atom is -0.481 e. The van der Waals surface area contributed by atoms with Gasteiger partial charge in [-0.3, -0.25) is 14.4 Å². The van der Waals surface area contributed by atoms with Gasteiger partial charge in [0.15, 0.2) is 0 Å². The molecule has 0 aromatic heterocycles. The molecule has 0 radical (unpaired) electrons. The van der Waals surface area contributed by atoms with Gasteiger partial charge in [0, 0.05) is 12.8 Å². The van der Waals surface area contributed by atoms with Crippen LogP contribution in [0, 0.1) is 0 Å². The van der Waals surface area contributed by atoms with E-state index in [-0.39, 0.29) is 24.3 Å². The average molecular weight is 442 g/mol. The molecule has 0 saturated heterocycles. The number of carboxylic acids is 1. The summed E-state index contributed by atoms with van der Waals surface area (Å²) in [5.41, 5.74) is 5.39. The summed E-state index contributed by atoms with van der Waals surface area (Å²) in [6.07, 6.45) is -0.111. The Morgan fingerprint density at radius 3 is 2.43 bits per heavy atom. The molecule has 1 aromatic rings. The zero-order valence-electron chi connectivity index (χ0n) is 17.3. The molecule has 10 heteroatoms. The van der Waals surface area contributed by atoms with E-state index in [2.05, 4.69) is 10.6 Å². The van der Waals surface area contributed by atoms with Gasteiger partial charge >= 0.3 is 12.1 Å². The van der Waals surface area contributed by atoms with Crippen LogP contribution in [0.1, 0.15) is 52.0 Å². The second-order valence-electron chi connectivity index (χ2n) is 7.72. The van der Waals surface area contributed by atoms with Crippen molar-refractivity contribution >= 4 is 41.2 Å². The summed E-state index contributed by atoms with van der Waals surface area (Å²) in [6.45, 7) is 5.04. The molecule has 0 spiro atoms. The van der Waals surface area contributed by atoms with Crippen molar-refractivity contribution in [3.63, 3.8) is 0 Å². The molecule has 0 bridgehead atoms. The molecule has 0 heterocycles. The SMILES string of the molecule is CC(C)(C)OC(=O)N[C@@H](CCC(N)=O)C(=O)Nc1cccc(CCCC(=O)O)c1Cl. The lowest BCUT2D eigenvalue weighted by Gasteiger charge is -2.23. The molecule has 0 saturated carbocycles. The van der Waals surface area contributed by atoms with E-state index in [9.17, 15) is 19.2 Å². The van der Waals surface area contributed by atoms with Crippen LogP contribution in [0.25, 0.3) is 0 Å². The highest BCUT2D eigenvalue weighted by atomic mass is 35.5. The molecule has 0 fully saturated rings. The standard InChI is InChI=1S/C20H28ClN3O6/c1-20(2,3)30-19(29)24-14(10-11-15(22)25)18(28)23-13-8-4-6-12(17(13)21)7-5-9-16(26)27/h4,6,8,14H,5,7,9-11H2,1-3H3,(H2,22,25)(H,23,28)(H,24,29)(H,26,27)/t14-/m0/s1. The Bertz CT molecular complexity index is 791. The Morgan fingerprint density at radius 2 is 1.87 bits per heavy atom. The van der Waals surface area contributed by atoms with Crippen molar-refractivity contribution < 1.29 is 29.0 Å². The number of nitrogens with one attached hydrogen (secondary N) is 2. The number of carboxylic acid groups (broad SMARTS) is 1. The number of amides is 3. The van der Waals surface area contributed by atoms with Gasteiger partial charge < -0.3 is 26.2 Å². The van der Waals surface area contributed by atoms with E-state index < -0.39 is 35.5 Å². The van der Waals surface area contributed by atoms with Gasteiger partial charge in [-0.05, 0) is 51.7 Å². The fourth-order valence-corrected chi connectivity index (χ4v) is 2.79. The lowest BCUT2D eigenvalue weighted by molar-refractivity contribution is -0.137. The fraction of sp³-hybridized carbons (Fsp3) is 0.500. The van der Waals surface area contributed by atoms with E-state index in [0.29, 0.717) is 24.1 Å². The van der Waals surface area contributed by atoms with E-state index in [4.69, 9.17) is 27.2 Å². The van der Waals surface area contributed by atoms with Crippen LogP contribution in [0.2, 0.25) is 5.02 Å². The van der Waals surface area contributed by atoms with E-state index in [1.54, 1.807) is 39.0 Å². The molecule has 3 amide bonds. The predicted octanol–water partition coefficient (Wildman–Crippen LogP) is 2.84. The summed E-state index contributed by atoms with van der Waals surface area (Å²) < 4.78 is 5.16. The molecule has 0 aliphatic rings. The molecule has 30 heavy (non-hydrogen) atoms. The highest BCUT2D eigenvalue weighted by Gasteiger charge is 2.25. The third-order valence-electron chi connectivity index (χ3n) is 3.86. The molecule has 1 aromatic carbocycles. The number of carbonyl (C=O) groups is 4. The zero-order chi connectivity index (χ0) is 22.9. The Morgan fingerprint density at radius 1 is 1.20 bits per heavy atom. The Balaban J connectivity index is 2.90. The number of aliphatic carboxylic acids is 1. The Kier molecular flexibility index (Phi) is 9.58. The maximum absolute atomic E-state index is 12.7. The first-order valence-electron chi connectivity index (χ1n) is 9.47. The maximum atomic E-state index is 12.7. The van der Waals surface area contributed by atoms with Gasteiger partial charge in [0.2, 0.25) is 11.8 Å². The second-order valence-corrected chi connectivity index (χ2v) is 8.10. The highest BCUT2D eigenvalue weighted by molar-refractivity contribution is 6.34. The molecule has 9 nitrogen and oxygen atoms in total. The third kappa shape index (κ3) is 9.60. The van der Waals surface area contributed by atoms with Crippen LogP contribution in [-0.4, -0.2) is 40.6 Å². The van der Waals surface area contributed by atoms with Gasteiger partial charge in [0.1, 0.15) is 11.6 Å². The second kappa shape index (κ2) is 11.4. The highest BCUT2D eigenvalue weighted by Crippen LogP contribution is 2.27. The van der Waals surface area contributed by atoms with Crippen LogP contribution in [0.5, 0.6) is 0 Å². The van der Waals surface area contributed by atoms with Gasteiger partial charge in [-0.15, -0.1) is 0 Å². The molecular weight excluding hydrogens is 414 g/mol. The number of anilines is 1. The molecule has 0 unspecified atom stereocenters. The molecule has 0 aliphatic heterocycles. The van der Waals surface area contributed by atoms with Crippen LogP contribution >= 0.6 is 11.6 Å². The smallest absolute Gasteiger partial charge is 0.408 e. The predicted molar refractivity (Wildman–Crippen MR) is 112 cm³/mol. The normalized spacial score (nSPS) is 12.0. The third-order valence-corrected chi connectivity index (χ3v) is 4.31. The van der Waals surface area contributed by atoms with Crippen LogP contribution in [-0.2, 0) is 25.5 Å². The average Bonchev–Trinajstić information content (AvgIpc) is 2.59. The molecule has 1 atom stereocenters. The first-order valence-corrected chi connectivity index (χ1v) is 9.84. The summed E-state index contributed by atoms with van der Waals surface area (Å²) in [7, 11) is 0. The number of hydrogen-bond acceptors (Lipinski definition) is 5. The monoisotopic (exact) mass is 441 g/mol. The summed E-state index contributed by atoms with van der Waals surface area (Å²) in [6, 6.07) is 3.93. The number of primary amides is 1. The molecule has 0 aliphatic carbocycles. The van der Waals surface area contributed by atoms with Gasteiger partial charge in [0.05, 0.1) is 10.7 Å². The summed E-state index contributed by atoms with van der Waals surface area (Å²) >= 11 is 6.34. The maximum Gasteiger partial charge on any atom is 0.408 e. The topological polar surface area (TPSA) is 148 Å². The van der Waals surface area contributed by atoms with E-state index in [1.165, 1.54) is 0 Å². The van der Waals surface area contributed by atoms with Gasteiger partial charge in [-0.25, -0.2) is 4.79 Å². The summed E-state index contributed by atoms with van der Waals surface area (Å²) in [5.74, 6) is -2.11. The van der Waals surface area contributed by atoms with Crippen LogP contribution in [0.4, 0.5) is 10.5 Å². The largest absolute Gasteiger partial charge is 0.481 e. The van der Waals surface area contributed by atoms with Crippen LogP contribution in [0.15, 0.2) is 18.2 Å². The molecular formula is C20H28ClN3O6. The summed E-state index contributed by atoms with van der Waals surface area (Å²) in [4.78, 5) is 46.6. The van der Waals surface area contributed by atoms with E-state index in [0.717, 1.165) is 0 Å². The van der Waals surface area contributed by atoms with Gasteiger partial charge in [-0.2, -0.15) is 0 Å². The van der Waals surface area contributed by atoms with Crippen molar-refractivity contribution in [2.24, 2.45) is 5.73 Å². The number of alkyl carbamates (subject to hydrolysis) is 1. The minimum absolute atomic E-state index is 0.00190. The lowest BCUT2D eigenvalue weighted by atomic mass is 10.1. The van der Waals surface area contributed by atoms with Crippen molar-refractivity contribution in [3.05, 3.63) is 28.8 Å². The Hall–Kier alpha value is -2.81. The molecule has 166 valence electrons. The number of hydrogen-bond donors (Lipinski definition) is 4. The molecule has 5 N–H and O–H groups in total. The number of ether oxygens (including phenoxy) is 1. The quantitative estimate of drug-likeness (QED) is 0.438. The number of nitrogens with two attached hydrogens (primary N) is 1. The number of halogens is 1.